The van der Waals surface area contributed by atoms with Crippen LogP contribution in [0.2, 0.25) is 0 Å². The van der Waals surface area contributed by atoms with Gasteiger partial charge in [0, 0.05) is 13.0 Å². The number of amides is 1. The summed E-state index contributed by atoms with van der Waals surface area (Å²) in [7, 11) is -3.12. The molecule has 0 spiro atoms. The summed E-state index contributed by atoms with van der Waals surface area (Å²) in [6.45, 7) is 0.112. The maximum absolute atomic E-state index is 11.9. The number of rotatable bonds is 3. The molecule has 114 valence electrons. The number of carbonyl (C=O) groups is 2. The molecule has 2 rings (SSSR count). The second-order valence-electron chi connectivity index (χ2n) is 4.62. The first-order valence-corrected chi connectivity index (χ1v) is 7.43. The number of nitrogen functional groups attached to an aromatic ring is 1. The molecule has 0 saturated carbocycles. The van der Waals surface area contributed by atoms with Crippen LogP contribution in [0.25, 0.3) is 0 Å². The number of benzene rings is 1. The zero-order chi connectivity index (χ0) is 15.8. The fraction of sp³-hybridized carbons (Fsp3) is 0.333. The molecular formula is C12H14N2O6S. The van der Waals surface area contributed by atoms with Crippen molar-refractivity contribution < 1.29 is 27.3 Å². The first-order chi connectivity index (χ1) is 9.74. The molecule has 3 N–H and O–H groups in total. The maximum atomic E-state index is 11.9. The van der Waals surface area contributed by atoms with Crippen LogP contribution in [0.3, 0.4) is 0 Å². The zero-order valence-corrected chi connectivity index (χ0v) is 12.0. The number of esters is 1. The average molecular weight is 314 g/mol. The van der Waals surface area contributed by atoms with Crippen molar-refractivity contribution in [3.8, 4) is 0 Å². The Bertz CT molecular complexity index is 700. The van der Waals surface area contributed by atoms with E-state index in [0.717, 1.165) is 12.1 Å². The van der Waals surface area contributed by atoms with Crippen molar-refractivity contribution in [1.29, 1.82) is 0 Å². The molecule has 0 bridgehead atoms. The molecular weight excluding hydrogens is 300 g/mol. The van der Waals surface area contributed by atoms with E-state index in [9.17, 15) is 18.0 Å². The Labute approximate surface area is 121 Å². The fourth-order valence-electron chi connectivity index (χ4n) is 2.20. The van der Waals surface area contributed by atoms with E-state index in [-0.39, 0.29) is 29.5 Å². The lowest BCUT2D eigenvalue weighted by Crippen LogP contribution is -2.27. The Morgan fingerprint density at radius 3 is 2.67 bits per heavy atom. The summed E-state index contributed by atoms with van der Waals surface area (Å²) in [6.07, 6.45) is 0.00611. The van der Waals surface area contributed by atoms with Crippen LogP contribution in [0.4, 0.5) is 11.4 Å². The highest BCUT2D eigenvalue weighted by atomic mass is 32.2. The molecule has 1 unspecified atom stereocenters. The van der Waals surface area contributed by atoms with E-state index in [1.165, 1.54) is 18.1 Å². The van der Waals surface area contributed by atoms with E-state index in [4.69, 9.17) is 10.3 Å². The van der Waals surface area contributed by atoms with Crippen LogP contribution in [0.1, 0.15) is 6.42 Å². The number of anilines is 2. The van der Waals surface area contributed by atoms with E-state index in [0.29, 0.717) is 5.69 Å². The molecule has 1 saturated heterocycles. The van der Waals surface area contributed by atoms with Gasteiger partial charge in [-0.15, -0.1) is 0 Å². The molecule has 1 amide bonds. The van der Waals surface area contributed by atoms with Gasteiger partial charge >= 0.3 is 5.97 Å². The van der Waals surface area contributed by atoms with Crippen LogP contribution in [-0.2, 0) is 24.4 Å². The Kier molecular flexibility index (Phi) is 3.88. The summed E-state index contributed by atoms with van der Waals surface area (Å²) < 4.78 is 35.6. The van der Waals surface area contributed by atoms with Gasteiger partial charge in [0.15, 0.2) is 0 Å². The number of hydrogen-bond acceptors (Lipinski definition) is 6. The number of carbonyl (C=O) groups excluding carboxylic acids is 2. The second kappa shape index (κ2) is 5.34. The number of nitrogens with two attached hydrogens (primary N) is 1. The van der Waals surface area contributed by atoms with Crippen molar-refractivity contribution in [2.24, 2.45) is 5.92 Å². The molecule has 9 heteroatoms. The molecule has 1 aliphatic rings. The van der Waals surface area contributed by atoms with Gasteiger partial charge in [-0.05, 0) is 18.2 Å². The highest BCUT2D eigenvalue weighted by Crippen LogP contribution is 2.31. The Morgan fingerprint density at radius 1 is 1.48 bits per heavy atom. The monoisotopic (exact) mass is 314 g/mol. The highest BCUT2D eigenvalue weighted by Gasteiger charge is 2.36. The molecule has 1 heterocycles. The number of methoxy groups -OCH3 is 1. The van der Waals surface area contributed by atoms with Crippen molar-refractivity contribution in [3.05, 3.63) is 18.2 Å². The Hall–Kier alpha value is -2.13. The number of nitrogens with zero attached hydrogens (tertiary/aromatic N) is 1. The van der Waals surface area contributed by atoms with Gasteiger partial charge in [0.1, 0.15) is 0 Å². The lowest BCUT2D eigenvalue weighted by molar-refractivity contribution is -0.145. The summed E-state index contributed by atoms with van der Waals surface area (Å²) in [6, 6.07) is 3.51. The summed E-state index contributed by atoms with van der Waals surface area (Å²) in [5, 5.41) is 0. The van der Waals surface area contributed by atoms with Crippen molar-refractivity contribution in [2.75, 3.05) is 24.3 Å². The van der Waals surface area contributed by atoms with E-state index in [1.807, 2.05) is 0 Å². The van der Waals surface area contributed by atoms with Gasteiger partial charge in [-0.2, -0.15) is 8.42 Å². The molecule has 1 aromatic rings. The van der Waals surface area contributed by atoms with Gasteiger partial charge < -0.3 is 15.4 Å². The molecule has 0 aliphatic carbocycles. The van der Waals surface area contributed by atoms with Gasteiger partial charge in [0.2, 0.25) is 5.91 Å². The normalized spacial score (nSPS) is 18.9. The van der Waals surface area contributed by atoms with E-state index >= 15 is 0 Å². The summed E-state index contributed by atoms with van der Waals surface area (Å²) in [5.41, 5.74) is 6.04. The van der Waals surface area contributed by atoms with E-state index in [1.54, 1.807) is 0 Å². The van der Waals surface area contributed by atoms with Crippen LogP contribution >= 0.6 is 0 Å². The van der Waals surface area contributed by atoms with Crippen LogP contribution in [-0.4, -0.2) is 38.5 Å². The van der Waals surface area contributed by atoms with Crippen molar-refractivity contribution in [2.45, 2.75) is 11.3 Å². The SMILES string of the molecule is COC(=O)C1CC(=O)N(c2ccc(S(=O)(=O)O)cc2N)C1. The third-order valence-corrected chi connectivity index (χ3v) is 4.10. The van der Waals surface area contributed by atoms with E-state index in [2.05, 4.69) is 4.74 Å². The van der Waals surface area contributed by atoms with Gasteiger partial charge in [-0.25, -0.2) is 0 Å². The molecule has 0 aromatic heterocycles. The van der Waals surface area contributed by atoms with Gasteiger partial charge in [-0.1, -0.05) is 0 Å². The van der Waals surface area contributed by atoms with Crippen molar-refractivity contribution in [3.63, 3.8) is 0 Å². The van der Waals surface area contributed by atoms with Gasteiger partial charge in [-0.3, -0.25) is 14.1 Å². The van der Waals surface area contributed by atoms with Gasteiger partial charge in [0.25, 0.3) is 10.1 Å². The highest BCUT2D eigenvalue weighted by molar-refractivity contribution is 7.85. The minimum Gasteiger partial charge on any atom is -0.469 e. The maximum Gasteiger partial charge on any atom is 0.311 e. The molecule has 1 aliphatic heterocycles. The standard InChI is InChI=1S/C12H14N2O6S/c1-20-12(16)7-4-11(15)14(6-7)10-3-2-8(5-9(10)13)21(17,18)19/h2-3,5,7H,4,6,13H2,1H3,(H,17,18,19). The van der Waals surface area contributed by atoms with Crippen LogP contribution < -0.4 is 10.6 Å². The minimum absolute atomic E-state index is 0.00611. The van der Waals surface area contributed by atoms with Gasteiger partial charge in [0.05, 0.1) is 29.3 Å². The molecule has 1 atom stereocenters. The van der Waals surface area contributed by atoms with Crippen molar-refractivity contribution in [1.82, 2.24) is 0 Å². The summed E-state index contributed by atoms with van der Waals surface area (Å²) in [4.78, 5) is 24.3. The second-order valence-corrected chi connectivity index (χ2v) is 6.05. The quantitative estimate of drug-likeness (QED) is 0.458. The van der Waals surface area contributed by atoms with Crippen LogP contribution in [0.5, 0.6) is 0 Å². The molecule has 1 fully saturated rings. The van der Waals surface area contributed by atoms with E-state index < -0.39 is 22.0 Å². The Balaban J connectivity index is 2.31. The van der Waals surface area contributed by atoms with Crippen LogP contribution in [0.15, 0.2) is 23.1 Å². The minimum atomic E-state index is -4.36. The fourth-order valence-corrected chi connectivity index (χ4v) is 2.72. The lowest BCUT2D eigenvalue weighted by atomic mass is 10.1. The number of ether oxygens (including phenoxy) is 1. The smallest absolute Gasteiger partial charge is 0.311 e. The van der Waals surface area contributed by atoms with Crippen molar-refractivity contribution >= 4 is 33.4 Å². The lowest BCUT2D eigenvalue weighted by Gasteiger charge is -2.18. The Morgan fingerprint density at radius 2 is 2.14 bits per heavy atom. The first-order valence-electron chi connectivity index (χ1n) is 5.99. The largest absolute Gasteiger partial charge is 0.469 e. The third-order valence-electron chi connectivity index (χ3n) is 3.25. The predicted octanol–water partition coefficient (Wildman–Crippen LogP) is 0.0414. The topological polar surface area (TPSA) is 127 Å². The summed E-state index contributed by atoms with van der Waals surface area (Å²) >= 11 is 0. The third kappa shape index (κ3) is 2.98. The number of hydrogen-bond donors (Lipinski definition) is 2. The molecule has 8 nitrogen and oxygen atoms in total. The average Bonchev–Trinajstić information content (AvgIpc) is 2.78. The molecule has 21 heavy (non-hydrogen) atoms. The first kappa shape index (κ1) is 15.3. The summed E-state index contributed by atoms with van der Waals surface area (Å²) in [5.74, 6) is -1.38. The predicted molar refractivity (Wildman–Crippen MR) is 73.1 cm³/mol. The molecule has 1 aromatic carbocycles. The zero-order valence-electron chi connectivity index (χ0n) is 11.1. The molecule has 0 radical (unpaired) electrons. The van der Waals surface area contributed by atoms with Crippen LogP contribution in [0, 0.1) is 5.92 Å².